The van der Waals surface area contributed by atoms with Crippen molar-refractivity contribution >= 4 is 114 Å². The molecule has 6 aromatic rings. The fraction of sp³-hybridized carbons (Fsp3) is 0.0976. The van der Waals surface area contributed by atoms with Gasteiger partial charge in [-0.25, -0.2) is 4.79 Å². The summed E-state index contributed by atoms with van der Waals surface area (Å²) in [5, 5.41) is 35.8. The van der Waals surface area contributed by atoms with E-state index in [0.717, 1.165) is 36.4 Å². The number of nitrogens with zero attached hydrogens (tertiary/aromatic N) is 6. The van der Waals surface area contributed by atoms with Crippen molar-refractivity contribution in [2.75, 3.05) is 18.9 Å². The number of hydrogen-bond donors (Lipinski definition) is 6. The smallest absolute Gasteiger partial charge is 0.330 e. The lowest BCUT2D eigenvalue weighted by Gasteiger charge is -2.17. The van der Waals surface area contributed by atoms with Gasteiger partial charge in [0.25, 0.3) is 40.5 Å². The van der Waals surface area contributed by atoms with Gasteiger partial charge >= 0.3 is 5.97 Å². The summed E-state index contributed by atoms with van der Waals surface area (Å²) in [6.45, 7) is 3.41. The molecule has 68 heavy (non-hydrogen) atoms. The van der Waals surface area contributed by atoms with Crippen molar-refractivity contribution in [3.63, 3.8) is 0 Å². The number of phenolic OH excluding ortho intramolecular Hbond substituents is 1. The predicted molar refractivity (Wildman–Crippen MR) is 243 cm³/mol. The Hall–Kier alpha value is -7.37. The summed E-state index contributed by atoms with van der Waals surface area (Å²) >= 11 is 0. The lowest BCUT2D eigenvalue weighted by Crippen LogP contribution is -2.09. The van der Waals surface area contributed by atoms with Gasteiger partial charge in [0, 0.05) is 27.8 Å². The molecule has 27 heteroatoms. The average molecular weight is 1010 g/mol. The van der Waals surface area contributed by atoms with E-state index in [4.69, 9.17) is 15.2 Å². The number of benzene rings is 6. The fourth-order valence-electron chi connectivity index (χ4n) is 6.76. The maximum Gasteiger partial charge on any atom is 0.330 e. The van der Waals surface area contributed by atoms with Crippen molar-refractivity contribution < 1.29 is 71.3 Å². The predicted octanol–water partition coefficient (Wildman–Crippen LogP) is 8.55. The van der Waals surface area contributed by atoms with Crippen LogP contribution in [0.15, 0.2) is 148 Å². The Morgan fingerprint density at radius 1 is 0.632 bits per heavy atom. The molecule has 0 atom stereocenters. The fourth-order valence-corrected chi connectivity index (χ4v) is 9.19. The molecular formula is C41H33N7O16S4. The van der Waals surface area contributed by atoms with Crippen LogP contribution in [0.1, 0.15) is 17.5 Å². The first-order valence-electron chi connectivity index (χ1n) is 19.1. The summed E-state index contributed by atoms with van der Waals surface area (Å²) < 4.78 is 148. The van der Waals surface area contributed by atoms with E-state index in [1.54, 1.807) is 30.3 Å². The van der Waals surface area contributed by atoms with Crippen molar-refractivity contribution in [3.8, 4) is 11.5 Å². The van der Waals surface area contributed by atoms with E-state index in [-0.39, 0.29) is 75.1 Å². The van der Waals surface area contributed by atoms with E-state index in [0.29, 0.717) is 22.7 Å². The number of rotatable bonds is 15. The van der Waals surface area contributed by atoms with Gasteiger partial charge in [-0.1, -0.05) is 12.6 Å². The summed E-state index contributed by atoms with van der Waals surface area (Å²) in [6.07, 6.45) is 2.23. The number of fused-ring (bicyclic) bond motifs is 3. The number of ether oxygens (including phenoxy) is 2. The van der Waals surface area contributed by atoms with Gasteiger partial charge in [0.1, 0.15) is 34.4 Å². The summed E-state index contributed by atoms with van der Waals surface area (Å²) in [7, 11) is -19.7. The molecular weight excluding hydrogens is 975 g/mol. The molecule has 6 aromatic carbocycles. The molecule has 0 bridgehead atoms. The van der Waals surface area contributed by atoms with Crippen LogP contribution in [0.3, 0.4) is 0 Å². The topological polar surface area (TPSA) is 373 Å². The number of esters is 1. The van der Waals surface area contributed by atoms with Gasteiger partial charge in [-0.15, -0.1) is 20.5 Å². The zero-order valence-electron chi connectivity index (χ0n) is 34.4. The van der Waals surface area contributed by atoms with Crippen LogP contribution < -0.4 is 10.5 Å². The second-order valence-electron chi connectivity index (χ2n) is 14.3. The van der Waals surface area contributed by atoms with Gasteiger partial charge in [-0.05, 0) is 109 Å². The molecule has 0 spiro atoms. The summed E-state index contributed by atoms with van der Waals surface area (Å²) in [4.78, 5) is 8.38. The number of carbonyl (C=O) groups excluding carboxylic acids is 1. The van der Waals surface area contributed by atoms with Crippen molar-refractivity contribution in [2.24, 2.45) is 30.7 Å². The zero-order chi connectivity index (χ0) is 49.3. The Labute approximate surface area is 385 Å². The highest BCUT2D eigenvalue weighted by molar-refractivity contribution is 7.90. The van der Waals surface area contributed by atoms with Gasteiger partial charge in [0.2, 0.25) is 0 Å². The number of anilines is 1. The van der Waals surface area contributed by atoms with E-state index >= 15 is 0 Å². The highest BCUT2D eigenvalue weighted by Gasteiger charge is 2.26. The Balaban J connectivity index is 1.27. The second kappa shape index (κ2) is 18.7. The Morgan fingerprint density at radius 3 is 1.88 bits per heavy atom. The van der Waals surface area contributed by atoms with Crippen LogP contribution in [0.2, 0.25) is 0 Å². The molecule has 0 radical (unpaired) electrons. The van der Waals surface area contributed by atoms with Crippen LogP contribution in [0, 0.1) is 0 Å². The third-order valence-electron chi connectivity index (χ3n) is 9.94. The molecule has 0 fully saturated rings. The first kappa shape index (κ1) is 48.6. The number of aromatic hydroxyl groups is 1. The lowest BCUT2D eigenvalue weighted by molar-refractivity contribution is -0.138. The number of nitrogens with two attached hydrogens (primary N) is 1. The second-order valence-corrected chi connectivity index (χ2v) is 20.0. The molecule has 0 aliphatic heterocycles. The standard InChI is InChI=1S/C41H33N7O16S4/c1-2-39(49)64-16-15-63-24-5-3-23(4-6-24)43-44-33-11-13-35(30-19-25(65(51,52)53)7-9-27(30)33)46-45-34-12-14-36(31-20-26(66(54,55)56)8-10-28(31)34)47-48-40-38(68(60,61)62)18-22-17-37(67(57,58)59)32(42)21-29(22)41(40)50/h2-6,8,10-14,17-21,50H,1,7,9,15-16,42H2,(H,51,52,53)(H,54,55,56)(H,57,58,59)(H,60,61,62). The first-order valence-corrected chi connectivity index (χ1v) is 24.9. The molecule has 0 saturated carbocycles. The molecule has 0 unspecified atom stereocenters. The Kier molecular flexibility index (Phi) is 13.4. The maximum atomic E-state index is 12.5. The highest BCUT2D eigenvalue weighted by Crippen LogP contribution is 2.45. The third-order valence-corrected chi connectivity index (χ3v) is 13.6. The van der Waals surface area contributed by atoms with Crippen LogP contribution >= 0.6 is 0 Å². The van der Waals surface area contributed by atoms with Gasteiger partial charge in [0.15, 0.2) is 5.75 Å². The SMILES string of the molecule is C=CC(=O)OCCOc1ccc(N=Nc2ccc(N=Nc3ccc(N=Nc4c(S(=O)(=O)O)cc5cc(S(=O)(=O)O)c(N)cc5c4O)c4cc(S(=O)(=O)O)ccc34)c3c2CCC(S(=O)(=O)O)=C3)cc1. The van der Waals surface area contributed by atoms with Crippen molar-refractivity contribution in [1.29, 1.82) is 0 Å². The number of carbonyl (C=O) groups is 1. The molecule has 0 aromatic heterocycles. The van der Waals surface area contributed by atoms with E-state index in [1.807, 2.05) is 0 Å². The summed E-state index contributed by atoms with van der Waals surface area (Å²) in [5.74, 6) is -1.08. The van der Waals surface area contributed by atoms with Crippen LogP contribution in [-0.4, -0.2) is 76.2 Å². The van der Waals surface area contributed by atoms with E-state index in [2.05, 4.69) is 37.3 Å². The van der Waals surface area contributed by atoms with E-state index < -0.39 is 78.3 Å². The third kappa shape index (κ3) is 10.7. The molecule has 0 heterocycles. The number of allylic oxidation sites excluding steroid dienone is 1. The van der Waals surface area contributed by atoms with Gasteiger partial charge < -0.3 is 20.3 Å². The van der Waals surface area contributed by atoms with E-state index in [9.17, 15) is 61.8 Å². The molecule has 352 valence electrons. The summed E-state index contributed by atoms with van der Waals surface area (Å²) in [6, 6.07) is 17.7. The number of nitrogen functional groups attached to an aromatic ring is 1. The molecule has 23 nitrogen and oxygen atoms in total. The van der Waals surface area contributed by atoms with Crippen LogP contribution in [-0.2, 0) is 56.4 Å². The Bertz CT molecular complexity index is 3690. The minimum absolute atomic E-state index is 0.00664. The maximum absolute atomic E-state index is 12.5. The molecule has 0 saturated heterocycles. The van der Waals surface area contributed by atoms with Crippen LogP contribution in [0.25, 0.3) is 27.6 Å². The molecule has 7 N–H and O–H groups in total. The average Bonchev–Trinajstić information content (AvgIpc) is 3.27. The van der Waals surface area contributed by atoms with Crippen molar-refractivity contribution in [2.45, 2.75) is 27.5 Å². The quantitative estimate of drug-likeness (QED) is 0.0140. The van der Waals surface area contributed by atoms with Crippen LogP contribution in [0.5, 0.6) is 11.5 Å². The van der Waals surface area contributed by atoms with Gasteiger partial charge in [0.05, 0.1) is 43.9 Å². The molecule has 1 aliphatic rings. The minimum Gasteiger partial charge on any atom is -0.505 e. The van der Waals surface area contributed by atoms with Gasteiger partial charge in [-0.3, -0.25) is 18.2 Å². The number of phenols is 1. The number of azo groups is 3. The van der Waals surface area contributed by atoms with Crippen LogP contribution in [0.4, 0.5) is 39.8 Å². The lowest BCUT2D eigenvalue weighted by atomic mass is 9.94. The largest absolute Gasteiger partial charge is 0.505 e. The van der Waals surface area contributed by atoms with E-state index in [1.165, 1.54) is 30.3 Å². The minimum atomic E-state index is -5.24. The van der Waals surface area contributed by atoms with Crippen molar-refractivity contribution in [3.05, 3.63) is 114 Å². The molecule has 7 rings (SSSR count). The zero-order valence-corrected chi connectivity index (χ0v) is 37.7. The number of hydrogen-bond acceptors (Lipinski definition) is 19. The summed E-state index contributed by atoms with van der Waals surface area (Å²) in [5.41, 5.74) is 5.74. The highest BCUT2D eigenvalue weighted by atomic mass is 32.2. The molecule has 1 aliphatic carbocycles. The molecule has 0 amide bonds. The monoisotopic (exact) mass is 1010 g/mol. The Morgan fingerprint density at radius 2 is 1.24 bits per heavy atom. The van der Waals surface area contributed by atoms with Crippen molar-refractivity contribution in [1.82, 2.24) is 0 Å². The normalized spacial score (nSPS) is 13.6. The first-order chi connectivity index (χ1) is 31.9. The van der Waals surface area contributed by atoms with Gasteiger partial charge in [-0.2, -0.15) is 43.9 Å².